The topological polar surface area (TPSA) is 98.1 Å². The summed E-state index contributed by atoms with van der Waals surface area (Å²) in [4.78, 5) is 12.9. The summed E-state index contributed by atoms with van der Waals surface area (Å²) in [7, 11) is 0. The number of carbonyl (C=O) groups is 1. The first-order chi connectivity index (χ1) is 7.74. The molecule has 1 rings (SSSR count). The van der Waals surface area contributed by atoms with E-state index >= 15 is 0 Å². The van der Waals surface area contributed by atoms with Crippen molar-refractivity contribution in [3.05, 3.63) is 46.3 Å². The average molecular weight is 220 g/mol. The number of nitrogens with zero attached hydrogens (tertiary/aromatic N) is 3. The van der Waals surface area contributed by atoms with E-state index in [2.05, 4.69) is 10.0 Å². The number of hydrogen-bond donors (Lipinski definition) is 0. The van der Waals surface area contributed by atoms with E-state index in [1.54, 1.807) is 0 Å². The smallest absolute Gasteiger partial charge is 0.100 e. The molecule has 0 heterocycles. The van der Waals surface area contributed by atoms with Crippen molar-refractivity contribution in [2.45, 2.75) is 12.6 Å². The summed E-state index contributed by atoms with van der Waals surface area (Å²) >= 11 is 0. The fourth-order valence-electron chi connectivity index (χ4n) is 1.07. The molecule has 0 amide bonds. The summed E-state index contributed by atoms with van der Waals surface area (Å²) in [6, 6.07) is 7.98. The fraction of sp³-hybridized carbons (Fsp3) is 0.300. The SMILES string of the molecule is [N-]=[N+]=NC(COCc1ccccc1)C(=O)[O-]. The predicted molar refractivity (Wildman–Crippen MR) is 54.0 cm³/mol. The Morgan fingerprint density at radius 1 is 1.50 bits per heavy atom. The van der Waals surface area contributed by atoms with Gasteiger partial charge in [-0.15, -0.1) is 0 Å². The number of carbonyl (C=O) groups excluding carboxylic acids is 1. The highest BCUT2D eigenvalue weighted by Gasteiger charge is 2.07. The van der Waals surface area contributed by atoms with Gasteiger partial charge in [0.2, 0.25) is 0 Å². The lowest BCUT2D eigenvalue weighted by Crippen LogP contribution is -2.37. The highest BCUT2D eigenvalue weighted by molar-refractivity contribution is 5.71. The Bertz CT molecular complexity index is 386. The van der Waals surface area contributed by atoms with Gasteiger partial charge < -0.3 is 14.6 Å². The summed E-state index contributed by atoms with van der Waals surface area (Å²) < 4.78 is 5.11. The Morgan fingerprint density at radius 3 is 2.75 bits per heavy atom. The summed E-state index contributed by atoms with van der Waals surface area (Å²) in [5, 5.41) is 13.5. The van der Waals surface area contributed by atoms with E-state index in [0.29, 0.717) is 0 Å². The maximum Gasteiger partial charge on any atom is 0.100 e. The van der Waals surface area contributed by atoms with Crippen LogP contribution in [-0.4, -0.2) is 18.6 Å². The average Bonchev–Trinajstić information content (AvgIpc) is 2.29. The van der Waals surface area contributed by atoms with E-state index in [1.165, 1.54) is 0 Å². The van der Waals surface area contributed by atoms with Crippen molar-refractivity contribution in [2.24, 2.45) is 5.11 Å². The van der Waals surface area contributed by atoms with Crippen molar-refractivity contribution < 1.29 is 14.6 Å². The molecule has 0 aromatic heterocycles. The lowest BCUT2D eigenvalue weighted by Gasteiger charge is -2.12. The molecule has 0 saturated carbocycles. The Kier molecular flexibility index (Phi) is 4.85. The number of hydrogen-bond acceptors (Lipinski definition) is 4. The minimum atomic E-state index is -1.44. The molecule has 1 atom stereocenters. The third-order valence-electron chi connectivity index (χ3n) is 1.85. The van der Waals surface area contributed by atoms with Crippen LogP contribution in [0, 0.1) is 0 Å². The zero-order valence-corrected chi connectivity index (χ0v) is 8.44. The number of aliphatic carboxylic acids is 1. The maximum absolute atomic E-state index is 10.5. The Balaban J connectivity index is 2.39. The molecule has 0 N–H and O–H groups in total. The second kappa shape index (κ2) is 6.44. The van der Waals surface area contributed by atoms with Crippen LogP contribution in [0.5, 0.6) is 0 Å². The van der Waals surface area contributed by atoms with Crippen molar-refractivity contribution in [2.75, 3.05) is 6.61 Å². The molecular formula is C10H10N3O3-. The summed E-state index contributed by atoms with van der Waals surface area (Å²) in [5.74, 6) is -1.44. The van der Waals surface area contributed by atoms with E-state index < -0.39 is 12.0 Å². The van der Waals surface area contributed by atoms with E-state index in [4.69, 9.17) is 10.3 Å². The fourth-order valence-corrected chi connectivity index (χ4v) is 1.07. The molecule has 1 aromatic carbocycles. The Labute approximate surface area is 92.1 Å². The number of rotatable bonds is 6. The van der Waals surface area contributed by atoms with Crippen LogP contribution in [0.2, 0.25) is 0 Å². The number of azide groups is 1. The van der Waals surface area contributed by atoms with E-state index in [1.807, 2.05) is 30.3 Å². The first-order valence-electron chi connectivity index (χ1n) is 4.60. The molecule has 0 aliphatic rings. The van der Waals surface area contributed by atoms with Crippen LogP contribution in [0.3, 0.4) is 0 Å². The first-order valence-corrected chi connectivity index (χ1v) is 4.60. The van der Waals surface area contributed by atoms with Crippen molar-refractivity contribution >= 4 is 5.97 Å². The molecule has 0 fully saturated rings. The molecule has 0 radical (unpaired) electrons. The quantitative estimate of drug-likeness (QED) is 0.399. The van der Waals surface area contributed by atoms with Gasteiger partial charge >= 0.3 is 0 Å². The second-order valence-electron chi connectivity index (χ2n) is 3.04. The van der Waals surface area contributed by atoms with Gasteiger partial charge in [-0.2, -0.15) is 0 Å². The zero-order chi connectivity index (χ0) is 11.8. The molecule has 0 spiro atoms. The standard InChI is InChI=1S/C10H11N3O3/c11-13-12-9(10(14)15)7-16-6-8-4-2-1-3-5-8/h1-5,9H,6-7H2,(H,14,15)/p-1. The van der Waals surface area contributed by atoms with Gasteiger partial charge in [0.05, 0.1) is 19.2 Å². The summed E-state index contributed by atoms with van der Waals surface area (Å²) in [6.07, 6.45) is 0. The molecule has 6 heteroatoms. The van der Waals surface area contributed by atoms with Crippen LogP contribution in [0.1, 0.15) is 5.56 Å². The van der Waals surface area contributed by atoms with Crippen molar-refractivity contribution in [1.29, 1.82) is 0 Å². The molecule has 6 nitrogen and oxygen atoms in total. The number of carboxylic acid groups (broad SMARTS) is 1. The van der Waals surface area contributed by atoms with Crippen LogP contribution in [0.15, 0.2) is 35.4 Å². The second-order valence-corrected chi connectivity index (χ2v) is 3.04. The third kappa shape index (κ3) is 4.00. The van der Waals surface area contributed by atoms with E-state index in [-0.39, 0.29) is 13.2 Å². The van der Waals surface area contributed by atoms with Gasteiger partial charge in [-0.3, -0.25) is 0 Å². The molecule has 84 valence electrons. The van der Waals surface area contributed by atoms with Gasteiger partial charge in [-0.05, 0) is 11.1 Å². The third-order valence-corrected chi connectivity index (χ3v) is 1.85. The first kappa shape index (κ1) is 12.0. The van der Waals surface area contributed by atoms with Crippen LogP contribution in [0.25, 0.3) is 10.4 Å². The molecule has 0 aliphatic carbocycles. The molecule has 1 unspecified atom stereocenters. The highest BCUT2D eigenvalue weighted by atomic mass is 16.5. The van der Waals surface area contributed by atoms with Gasteiger partial charge in [-0.25, -0.2) is 0 Å². The monoisotopic (exact) mass is 220 g/mol. The molecule has 1 aromatic rings. The van der Waals surface area contributed by atoms with Gasteiger partial charge in [0.25, 0.3) is 0 Å². The molecule has 0 aliphatic heterocycles. The lowest BCUT2D eigenvalue weighted by molar-refractivity contribution is -0.308. The van der Waals surface area contributed by atoms with Crippen LogP contribution in [-0.2, 0) is 16.1 Å². The maximum atomic E-state index is 10.5. The van der Waals surface area contributed by atoms with Gasteiger partial charge in [0.15, 0.2) is 0 Å². The lowest BCUT2D eigenvalue weighted by atomic mass is 10.2. The zero-order valence-electron chi connectivity index (χ0n) is 8.44. The van der Waals surface area contributed by atoms with Crippen LogP contribution < -0.4 is 5.11 Å². The Hall–Kier alpha value is -2.04. The van der Waals surface area contributed by atoms with Crippen LogP contribution >= 0.6 is 0 Å². The Morgan fingerprint density at radius 2 is 2.19 bits per heavy atom. The van der Waals surface area contributed by atoms with E-state index in [9.17, 15) is 9.90 Å². The highest BCUT2D eigenvalue weighted by Crippen LogP contribution is 2.02. The predicted octanol–water partition coefficient (Wildman–Crippen LogP) is 0.632. The van der Waals surface area contributed by atoms with Crippen molar-refractivity contribution in [3.8, 4) is 0 Å². The summed E-state index contributed by atoms with van der Waals surface area (Å²) in [6.45, 7) is 0.0762. The molecular weight excluding hydrogens is 210 g/mol. The molecule has 16 heavy (non-hydrogen) atoms. The molecule has 0 saturated heterocycles. The van der Waals surface area contributed by atoms with E-state index in [0.717, 1.165) is 5.56 Å². The van der Waals surface area contributed by atoms with Gasteiger partial charge in [-0.1, -0.05) is 35.4 Å². The van der Waals surface area contributed by atoms with Crippen LogP contribution in [0.4, 0.5) is 0 Å². The largest absolute Gasteiger partial charge is 0.550 e. The summed E-state index contributed by atoms with van der Waals surface area (Å²) in [5.41, 5.74) is 9.03. The molecule has 0 bridgehead atoms. The minimum Gasteiger partial charge on any atom is -0.550 e. The van der Waals surface area contributed by atoms with Gasteiger partial charge in [0.1, 0.15) is 6.04 Å². The number of ether oxygens (including phenoxy) is 1. The number of benzene rings is 1. The normalized spacial score (nSPS) is 11.5. The minimum absolute atomic E-state index is 0.193. The number of carboxylic acids is 1. The van der Waals surface area contributed by atoms with Crippen molar-refractivity contribution in [3.63, 3.8) is 0 Å². The van der Waals surface area contributed by atoms with Gasteiger partial charge in [0, 0.05) is 4.91 Å². The van der Waals surface area contributed by atoms with Crippen molar-refractivity contribution in [1.82, 2.24) is 0 Å².